The molecule has 3 rings (SSSR count). The summed E-state index contributed by atoms with van der Waals surface area (Å²) in [5, 5.41) is 0. The zero-order chi connectivity index (χ0) is 15.5. The van der Waals surface area contributed by atoms with Crippen LogP contribution in [0.2, 0.25) is 0 Å². The quantitative estimate of drug-likeness (QED) is 0.871. The average molecular weight is 297 g/mol. The van der Waals surface area contributed by atoms with Gasteiger partial charge in [0.1, 0.15) is 11.5 Å². The van der Waals surface area contributed by atoms with E-state index in [0.29, 0.717) is 12.3 Å². The van der Waals surface area contributed by atoms with Gasteiger partial charge in [0.2, 0.25) is 0 Å². The van der Waals surface area contributed by atoms with Crippen molar-refractivity contribution in [2.45, 2.75) is 13.3 Å². The molecular weight excluding hydrogens is 278 g/mol. The molecule has 1 aliphatic heterocycles. The van der Waals surface area contributed by atoms with Gasteiger partial charge in [0.25, 0.3) is 5.91 Å². The maximum atomic E-state index is 12.4. The number of carbonyl (C=O) groups is 1. The summed E-state index contributed by atoms with van der Waals surface area (Å²) in [6.07, 6.45) is 0.850. The molecule has 0 spiro atoms. The highest BCUT2D eigenvalue weighted by atomic mass is 16.5. The molecule has 1 aliphatic rings. The minimum atomic E-state index is -0.0236. The molecule has 0 unspecified atom stereocenters. The molecule has 0 saturated carbocycles. The fourth-order valence-electron chi connectivity index (χ4n) is 2.62. The molecule has 2 aromatic carbocycles. The number of rotatable bonds is 4. The summed E-state index contributed by atoms with van der Waals surface area (Å²) in [7, 11) is 1.65. The number of hydrogen-bond acceptors (Lipinski definition) is 3. The maximum absolute atomic E-state index is 12.4. The highest BCUT2D eigenvalue weighted by molar-refractivity contribution is 5.96. The van der Waals surface area contributed by atoms with E-state index < -0.39 is 0 Å². The summed E-state index contributed by atoms with van der Waals surface area (Å²) in [5.74, 6) is 1.52. The van der Waals surface area contributed by atoms with Crippen LogP contribution in [-0.4, -0.2) is 26.2 Å². The smallest absolute Gasteiger partial charge is 0.264 e. The van der Waals surface area contributed by atoms with E-state index in [9.17, 15) is 4.79 Å². The zero-order valence-corrected chi connectivity index (χ0v) is 12.8. The first kappa shape index (κ1) is 14.4. The Hall–Kier alpha value is -2.49. The third-order valence-corrected chi connectivity index (χ3v) is 3.87. The molecule has 1 amide bonds. The number of benzene rings is 2. The molecule has 0 fully saturated rings. The van der Waals surface area contributed by atoms with Crippen LogP contribution in [0.25, 0.3) is 0 Å². The molecule has 22 heavy (non-hydrogen) atoms. The lowest BCUT2D eigenvalue weighted by Crippen LogP contribution is -2.33. The minimum Gasteiger partial charge on any atom is -0.497 e. The van der Waals surface area contributed by atoms with E-state index >= 15 is 0 Å². The molecule has 0 bridgehead atoms. The molecule has 0 saturated heterocycles. The topological polar surface area (TPSA) is 38.8 Å². The van der Waals surface area contributed by atoms with Crippen LogP contribution in [0.15, 0.2) is 42.5 Å². The number of hydrogen-bond donors (Lipinski definition) is 0. The first-order valence-corrected chi connectivity index (χ1v) is 7.34. The number of nitrogens with zero attached hydrogens (tertiary/aromatic N) is 1. The Kier molecular flexibility index (Phi) is 4.00. The van der Waals surface area contributed by atoms with Crippen LogP contribution in [0.1, 0.15) is 11.1 Å². The first-order chi connectivity index (χ1) is 10.7. The van der Waals surface area contributed by atoms with E-state index in [2.05, 4.69) is 0 Å². The SMILES string of the molecule is COc1ccc2c(c1)CCN2C(=O)COc1ccc(C)cc1. The molecule has 2 aromatic rings. The van der Waals surface area contributed by atoms with Crippen molar-refractivity contribution in [3.8, 4) is 11.5 Å². The molecule has 1 heterocycles. The van der Waals surface area contributed by atoms with Crippen LogP contribution >= 0.6 is 0 Å². The monoisotopic (exact) mass is 297 g/mol. The summed E-state index contributed by atoms with van der Waals surface area (Å²) < 4.78 is 10.8. The van der Waals surface area contributed by atoms with E-state index in [0.717, 1.165) is 23.4 Å². The van der Waals surface area contributed by atoms with E-state index in [1.54, 1.807) is 12.0 Å². The lowest BCUT2D eigenvalue weighted by Gasteiger charge is -2.18. The highest BCUT2D eigenvalue weighted by Gasteiger charge is 2.25. The Morgan fingerprint density at radius 1 is 1.14 bits per heavy atom. The Balaban J connectivity index is 1.66. The minimum absolute atomic E-state index is 0.0236. The maximum Gasteiger partial charge on any atom is 0.264 e. The molecule has 0 aliphatic carbocycles. The zero-order valence-electron chi connectivity index (χ0n) is 12.8. The predicted octanol–water partition coefficient (Wildman–Crippen LogP) is 2.97. The van der Waals surface area contributed by atoms with Crippen molar-refractivity contribution in [3.63, 3.8) is 0 Å². The second kappa shape index (κ2) is 6.10. The Morgan fingerprint density at radius 2 is 1.86 bits per heavy atom. The molecule has 0 atom stereocenters. The second-order valence-corrected chi connectivity index (χ2v) is 5.39. The number of fused-ring (bicyclic) bond motifs is 1. The fourth-order valence-corrected chi connectivity index (χ4v) is 2.62. The second-order valence-electron chi connectivity index (χ2n) is 5.39. The van der Waals surface area contributed by atoms with Crippen molar-refractivity contribution >= 4 is 11.6 Å². The van der Waals surface area contributed by atoms with Gasteiger partial charge in [0.15, 0.2) is 6.61 Å². The highest BCUT2D eigenvalue weighted by Crippen LogP contribution is 2.31. The summed E-state index contributed by atoms with van der Waals surface area (Å²) in [6.45, 7) is 2.76. The largest absolute Gasteiger partial charge is 0.497 e. The van der Waals surface area contributed by atoms with Crippen molar-refractivity contribution in [1.29, 1.82) is 0 Å². The molecule has 0 N–H and O–H groups in total. The van der Waals surface area contributed by atoms with E-state index in [1.165, 1.54) is 5.56 Å². The number of carbonyl (C=O) groups excluding carboxylic acids is 1. The number of anilines is 1. The van der Waals surface area contributed by atoms with Gasteiger partial charge in [-0.25, -0.2) is 0 Å². The lowest BCUT2D eigenvalue weighted by atomic mass is 10.1. The van der Waals surface area contributed by atoms with Gasteiger partial charge in [-0.05, 0) is 49.2 Å². The van der Waals surface area contributed by atoms with Crippen LogP contribution in [0, 0.1) is 6.92 Å². The molecule has 114 valence electrons. The first-order valence-electron chi connectivity index (χ1n) is 7.34. The number of methoxy groups -OCH3 is 1. The third-order valence-electron chi connectivity index (χ3n) is 3.87. The van der Waals surface area contributed by atoms with Crippen molar-refractivity contribution < 1.29 is 14.3 Å². The summed E-state index contributed by atoms with van der Waals surface area (Å²) in [5.41, 5.74) is 3.27. The summed E-state index contributed by atoms with van der Waals surface area (Å²) in [6, 6.07) is 13.5. The van der Waals surface area contributed by atoms with Gasteiger partial charge in [-0.3, -0.25) is 4.79 Å². The van der Waals surface area contributed by atoms with Crippen molar-refractivity contribution in [1.82, 2.24) is 0 Å². The Bertz CT molecular complexity index is 679. The van der Waals surface area contributed by atoms with Crippen LogP contribution in [0.4, 0.5) is 5.69 Å². The molecule has 0 aromatic heterocycles. The van der Waals surface area contributed by atoms with E-state index in [-0.39, 0.29) is 12.5 Å². The van der Waals surface area contributed by atoms with Crippen LogP contribution < -0.4 is 14.4 Å². The summed E-state index contributed by atoms with van der Waals surface area (Å²) >= 11 is 0. The Morgan fingerprint density at radius 3 is 2.59 bits per heavy atom. The third kappa shape index (κ3) is 2.91. The molecular formula is C18H19NO3. The van der Waals surface area contributed by atoms with Gasteiger partial charge < -0.3 is 14.4 Å². The number of ether oxygens (including phenoxy) is 2. The van der Waals surface area contributed by atoms with Crippen molar-refractivity contribution in [2.75, 3.05) is 25.2 Å². The fraction of sp³-hybridized carbons (Fsp3) is 0.278. The molecule has 4 heteroatoms. The van der Waals surface area contributed by atoms with Crippen LogP contribution in [0.5, 0.6) is 11.5 Å². The normalized spacial score (nSPS) is 12.9. The lowest BCUT2D eigenvalue weighted by molar-refractivity contribution is -0.120. The van der Waals surface area contributed by atoms with Crippen molar-refractivity contribution in [3.05, 3.63) is 53.6 Å². The molecule has 0 radical (unpaired) electrons. The standard InChI is InChI=1S/C18H19NO3/c1-13-3-5-15(6-4-13)22-12-18(20)19-10-9-14-11-16(21-2)7-8-17(14)19/h3-8,11H,9-10,12H2,1-2H3. The van der Waals surface area contributed by atoms with Crippen molar-refractivity contribution in [2.24, 2.45) is 0 Å². The number of aryl methyl sites for hydroxylation is 1. The van der Waals surface area contributed by atoms with Gasteiger partial charge in [0.05, 0.1) is 7.11 Å². The predicted molar refractivity (Wildman–Crippen MR) is 85.7 cm³/mol. The number of amides is 1. The average Bonchev–Trinajstić information content (AvgIpc) is 2.97. The van der Waals surface area contributed by atoms with Gasteiger partial charge in [0, 0.05) is 12.2 Å². The van der Waals surface area contributed by atoms with Crippen LogP contribution in [-0.2, 0) is 11.2 Å². The van der Waals surface area contributed by atoms with E-state index in [1.807, 2.05) is 49.4 Å². The van der Waals surface area contributed by atoms with Gasteiger partial charge in [-0.1, -0.05) is 17.7 Å². The van der Waals surface area contributed by atoms with Gasteiger partial charge in [-0.15, -0.1) is 0 Å². The van der Waals surface area contributed by atoms with E-state index in [4.69, 9.17) is 9.47 Å². The van der Waals surface area contributed by atoms with Gasteiger partial charge >= 0.3 is 0 Å². The summed E-state index contributed by atoms with van der Waals surface area (Å²) in [4.78, 5) is 14.2. The van der Waals surface area contributed by atoms with Gasteiger partial charge in [-0.2, -0.15) is 0 Å². The molecule has 4 nitrogen and oxygen atoms in total. The Labute approximate surface area is 130 Å². The van der Waals surface area contributed by atoms with Crippen LogP contribution in [0.3, 0.4) is 0 Å².